The van der Waals surface area contributed by atoms with Gasteiger partial charge in [0.25, 0.3) is 0 Å². The van der Waals surface area contributed by atoms with Crippen LogP contribution in [-0.2, 0) is 11.3 Å². The van der Waals surface area contributed by atoms with Gasteiger partial charge in [-0.05, 0) is 50.8 Å². The minimum absolute atomic E-state index is 0.334. The molecule has 4 nitrogen and oxygen atoms in total. The van der Waals surface area contributed by atoms with E-state index in [0.29, 0.717) is 11.3 Å². The average Bonchev–Trinajstić information content (AvgIpc) is 2.95. The van der Waals surface area contributed by atoms with Crippen LogP contribution in [0.5, 0.6) is 0 Å². The summed E-state index contributed by atoms with van der Waals surface area (Å²) in [6.45, 7) is 6.91. The number of nitrogens with one attached hydrogen (secondary N) is 1. The number of carbonyl (C=O) groups excluding carboxylic acids is 1. The first-order chi connectivity index (χ1) is 12.1. The zero-order valence-corrected chi connectivity index (χ0v) is 15.6. The Kier molecular flexibility index (Phi) is 4.50. The van der Waals surface area contributed by atoms with Crippen molar-refractivity contribution in [1.82, 2.24) is 14.8 Å². The summed E-state index contributed by atoms with van der Waals surface area (Å²) in [5.41, 5.74) is 2.57. The van der Waals surface area contributed by atoms with Gasteiger partial charge < -0.3 is 9.88 Å². The van der Waals surface area contributed by atoms with Gasteiger partial charge in [0.2, 0.25) is 5.91 Å². The molecule has 0 unspecified atom stereocenters. The first kappa shape index (κ1) is 16.9. The van der Waals surface area contributed by atoms with E-state index in [2.05, 4.69) is 28.9 Å². The number of para-hydroxylation sites is 1. The second-order valence-corrected chi connectivity index (χ2v) is 8.03. The van der Waals surface area contributed by atoms with Crippen molar-refractivity contribution in [3.05, 3.63) is 35.0 Å². The summed E-state index contributed by atoms with van der Waals surface area (Å²) >= 11 is 6.57. The molecule has 25 heavy (non-hydrogen) atoms. The van der Waals surface area contributed by atoms with E-state index in [4.69, 9.17) is 11.6 Å². The Morgan fingerprint density at radius 2 is 1.96 bits per heavy atom. The molecule has 2 aliphatic heterocycles. The molecule has 5 heteroatoms. The van der Waals surface area contributed by atoms with Crippen molar-refractivity contribution in [2.24, 2.45) is 5.41 Å². The molecular formula is C20H26ClN3O. The number of likely N-dealkylation sites (tertiary alicyclic amines) is 2. The molecule has 2 saturated heterocycles. The number of halogens is 1. The molecule has 0 aliphatic carbocycles. The highest BCUT2D eigenvalue weighted by molar-refractivity contribution is 6.36. The maximum absolute atomic E-state index is 12.0. The van der Waals surface area contributed by atoms with Crippen LogP contribution >= 0.6 is 11.6 Å². The third-order valence-corrected chi connectivity index (χ3v) is 6.57. The molecule has 2 aliphatic rings. The molecule has 2 fully saturated rings. The lowest BCUT2D eigenvalue weighted by Gasteiger charge is -2.47. The fraction of sp³-hybridized carbons (Fsp3) is 0.550. The topological polar surface area (TPSA) is 39.3 Å². The molecule has 3 heterocycles. The van der Waals surface area contributed by atoms with Gasteiger partial charge in [0.15, 0.2) is 0 Å². The first-order valence-electron chi connectivity index (χ1n) is 9.35. The highest BCUT2D eigenvalue weighted by Gasteiger charge is 2.40. The number of aromatic nitrogens is 1. The third kappa shape index (κ3) is 3.18. The number of benzene rings is 1. The van der Waals surface area contributed by atoms with Gasteiger partial charge in [-0.25, -0.2) is 0 Å². The molecule has 2 aromatic rings. The van der Waals surface area contributed by atoms with Gasteiger partial charge in [-0.1, -0.05) is 29.8 Å². The maximum atomic E-state index is 12.0. The second kappa shape index (κ2) is 6.65. The standard InChI is InChI=1S/C20H26ClN3O/c1-2-24-14-20(8-7-18(24)25)9-11-23(12-10-20)13-17-19(21)15-5-3-4-6-16(15)22-17/h3-6,22H,2,7-14H2,1H3. The van der Waals surface area contributed by atoms with E-state index in [1.807, 2.05) is 17.0 Å². The van der Waals surface area contributed by atoms with Crippen molar-refractivity contribution >= 4 is 28.4 Å². The van der Waals surface area contributed by atoms with Gasteiger partial charge in [-0.2, -0.15) is 0 Å². The van der Waals surface area contributed by atoms with Gasteiger partial charge >= 0.3 is 0 Å². The van der Waals surface area contributed by atoms with Crippen LogP contribution in [0.15, 0.2) is 24.3 Å². The van der Waals surface area contributed by atoms with Gasteiger partial charge in [0.1, 0.15) is 0 Å². The lowest BCUT2D eigenvalue weighted by atomic mass is 9.72. The Morgan fingerprint density at radius 3 is 2.68 bits per heavy atom. The zero-order chi connectivity index (χ0) is 17.4. The van der Waals surface area contributed by atoms with Crippen LogP contribution < -0.4 is 0 Å². The van der Waals surface area contributed by atoms with Crippen LogP contribution in [0.1, 0.15) is 38.3 Å². The van der Waals surface area contributed by atoms with Gasteiger partial charge in [-0.3, -0.25) is 9.69 Å². The SMILES string of the molecule is CCN1CC2(CCC1=O)CCN(Cc1[nH]c3ccccc3c1Cl)CC2. The summed E-state index contributed by atoms with van der Waals surface area (Å²) in [5.74, 6) is 0.334. The Bertz CT molecular complexity index is 776. The first-order valence-corrected chi connectivity index (χ1v) is 9.73. The molecule has 134 valence electrons. The minimum Gasteiger partial charge on any atom is -0.356 e. The van der Waals surface area contributed by atoms with E-state index in [1.54, 1.807) is 0 Å². The monoisotopic (exact) mass is 359 g/mol. The van der Waals surface area contributed by atoms with Gasteiger partial charge in [0, 0.05) is 42.7 Å². The molecule has 0 atom stereocenters. The number of nitrogens with zero attached hydrogens (tertiary/aromatic N) is 2. The lowest BCUT2D eigenvalue weighted by molar-refractivity contribution is -0.138. The van der Waals surface area contributed by atoms with E-state index in [9.17, 15) is 4.79 Å². The molecule has 0 radical (unpaired) electrons. The van der Waals surface area contributed by atoms with Crippen LogP contribution in [0.4, 0.5) is 0 Å². The number of fused-ring (bicyclic) bond motifs is 1. The molecule has 1 amide bonds. The van der Waals surface area contributed by atoms with Crippen molar-refractivity contribution in [1.29, 1.82) is 0 Å². The fourth-order valence-corrected chi connectivity index (χ4v) is 4.75. The summed E-state index contributed by atoms with van der Waals surface area (Å²) < 4.78 is 0. The normalized spacial score (nSPS) is 21.4. The summed E-state index contributed by atoms with van der Waals surface area (Å²) in [5, 5.41) is 1.97. The van der Waals surface area contributed by atoms with E-state index in [1.165, 1.54) is 12.8 Å². The van der Waals surface area contributed by atoms with E-state index in [0.717, 1.165) is 67.2 Å². The zero-order valence-electron chi connectivity index (χ0n) is 14.9. The number of piperidine rings is 2. The van der Waals surface area contributed by atoms with Crippen molar-refractivity contribution < 1.29 is 4.79 Å². The molecule has 1 spiro atoms. The maximum Gasteiger partial charge on any atom is 0.222 e. The number of aromatic amines is 1. The molecule has 1 aromatic heterocycles. The fourth-order valence-electron chi connectivity index (χ4n) is 4.48. The summed E-state index contributed by atoms with van der Waals surface area (Å²) in [4.78, 5) is 20.0. The van der Waals surface area contributed by atoms with Crippen LogP contribution in [0.25, 0.3) is 10.9 Å². The van der Waals surface area contributed by atoms with Crippen LogP contribution in [-0.4, -0.2) is 46.9 Å². The predicted octanol–water partition coefficient (Wildman–Crippen LogP) is 4.05. The molecular weight excluding hydrogens is 334 g/mol. The number of carbonyl (C=O) groups is 1. The highest BCUT2D eigenvalue weighted by atomic mass is 35.5. The van der Waals surface area contributed by atoms with Gasteiger partial charge in [0.05, 0.1) is 5.02 Å². The Hall–Kier alpha value is -1.52. The van der Waals surface area contributed by atoms with E-state index < -0.39 is 0 Å². The molecule has 0 saturated carbocycles. The molecule has 1 aromatic carbocycles. The summed E-state index contributed by atoms with van der Waals surface area (Å²) in [6, 6.07) is 8.21. The smallest absolute Gasteiger partial charge is 0.222 e. The van der Waals surface area contributed by atoms with Crippen LogP contribution in [0.2, 0.25) is 5.02 Å². The van der Waals surface area contributed by atoms with E-state index in [-0.39, 0.29) is 0 Å². The van der Waals surface area contributed by atoms with Crippen molar-refractivity contribution in [2.45, 2.75) is 39.2 Å². The van der Waals surface area contributed by atoms with Crippen molar-refractivity contribution in [2.75, 3.05) is 26.2 Å². The number of H-pyrrole nitrogens is 1. The molecule has 4 rings (SSSR count). The molecule has 0 bridgehead atoms. The number of hydrogen-bond acceptors (Lipinski definition) is 2. The van der Waals surface area contributed by atoms with Gasteiger partial charge in [-0.15, -0.1) is 0 Å². The Morgan fingerprint density at radius 1 is 1.20 bits per heavy atom. The highest BCUT2D eigenvalue weighted by Crippen LogP contribution is 2.40. The second-order valence-electron chi connectivity index (χ2n) is 7.65. The Balaban J connectivity index is 1.42. The van der Waals surface area contributed by atoms with Crippen LogP contribution in [0.3, 0.4) is 0 Å². The summed E-state index contributed by atoms with van der Waals surface area (Å²) in [7, 11) is 0. The largest absolute Gasteiger partial charge is 0.356 e. The minimum atomic E-state index is 0.334. The number of rotatable bonds is 3. The van der Waals surface area contributed by atoms with Crippen molar-refractivity contribution in [3.63, 3.8) is 0 Å². The summed E-state index contributed by atoms with van der Waals surface area (Å²) in [6.07, 6.45) is 4.13. The average molecular weight is 360 g/mol. The Labute approximate surface area is 154 Å². The molecule has 1 N–H and O–H groups in total. The van der Waals surface area contributed by atoms with Crippen molar-refractivity contribution in [3.8, 4) is 0 Å². The third-order valence-electron chi connectivity index (χ3n) is 6.14. The number of amides is 1. The lowest BCUT2D eigenvalue weighted by Crippen LogP contribution is -2.51. The predicted molar refractivity (Wildman–Crippen MR) is 102 cm³/mol. The van der Waals surface area contributed by atoms with Crippen LogP contribution in [0, 0.1) is 5.41 Å². The quantitative estimate of drug-likeness (QED) is 0.898. The number of hydrogen-bond donors (Lipinski definition) is 1. The van der Waals surface area contributed by atoms with E-state index >= 15 is 0 Å².